The maximum absolute atomic E-state index is 11.9. The number of carbonyl (C=O) groups is 1. The maximum atomic E-state index is 11.9. The summed E-state index contributed by atoms with van der Waals surface area (Å²) in [4.78, 5) is 16.2. The molecule has 0 radical (unpaired) electrons. The molecule has 118 valence electrons. The molecule has 0 bridgehead atoms. The summed E-state index contributed by atoms with van der Waals surface area (Å²) < 4.78 is 6.96. The lowest BCUT2D eigenvalue weighted by Gasteiger charge is -2.06. The van der Waals surface area contributed by atoms with Gasteiger partial charge in [-0.15, -0.1) is 0 Å². The first-order valence-electron chi connectivity index (χ1n) is 7.26. The molecule has 0 fully saturated rings. The van der Waals surface area contributed by atoms with E-state index in [4.69, 9.17) is 9.84 Å². The molecular formula is C16H21N3O3. The van der Waals surface area contributed by atoms with Crippen molar-refractivity contribution in [2.75, 3.05) is 19.0 Å². The molecule has 6 nitrogen and oxygen atoms in total. The van der Waals surface area contributed by atoms with Gasteiger partial charge in [0.15, 0.2) is 0 Å². The van der Waals surface area contributed by atoms with Crippen LogP contribution in [0.1, 0.15) is 18.5 Å². The Labute approximate surface area is 129 Å². The van der Waals surface area contributed by atoms with Crippen LogP contribution in [0.4, 0.5) is 5.69 Å². The number of aryl methyl sites for hydroxylation is 2. The van der Waals surface area contributed by atoms with E-state index in [9.17, 15) is 4.79 Å². The number of ether oxygens (including phenoxy) is 1. The Morgan fingerprint density at radius 2 is 2.14 bits per heavy atom. The Morgan fingerprint density at radius 1 is 1.36 bits per heavy atom. The van der Waals surface area contributed by atoms with Crippen molar-refractivity contribution < 1.29 is 14.6 Å². The Hall–Kier alpha value is -2.34. The minimum absolute atomic E-state index is 0.0456. The summed E-state index contributed by atoms with van der Waals surface area (Å²) in [6.45, 7) is 0.741. The molecule has 0 saturated heterocycles. The van der Waals surface area contributed by atoms with E-state index in [2.05, 4.69) is 10.3 Å². The van der Waals surface area contributed by atoms with Gasteiger partial charge in [0.2, 0.25) is 5.91 Å². The second-order valence-electron chi connectivity index (χ2n) is 4.96. The normalized spacial score (nSPS) is 10.5. The molecule has 22 heavy (non-hydrogen) atoms. The minimum Gasteiger partial charge on any atom is -0.497 e. The molecule has 0 spiro atoms. The number of hydrogen-bond acceptors (Lipinski definition) is 4. The quantitative estimate of drug-likeness (QED) is 0.780. The van der Waals surface area contributed by atoms with E-state index in [1.807, 2.05) is 10.8 Å². The van der Waals surface area contributed by atoms with Crippen molar-refractivity contribution in [1.82, 2.24) is 9.55 Å². The molecule has 0 saturated carbocycles. The average molecular weight is 303 g/mol. The van der Waals surface area contributed by atoms with Crippen LogP contribution in [-0.2, 0) is 17.8 Å². The first kappa shape index (κ1) is 16.0. The number of carbonyl (C=O) groups excluding carboxylic acids is 1. The summed E-state index contributed by atoms with van der Waals surface area (Å²) in [5, 5.41) is 11.6. The minimum atomic E-state index is -0.0456. The Bertz CT molecular complexity index is 593. The van der Waals surface area contributed by atoms with E-state index in [1.165, 1.54) is 0 Å². The van der Waals surface area contributed by atoms with E-state index < -0.39 is 0 Å². The number of anilines is 1. The molecule has 1 aromatic carbocycles. The number of imidazole rings is 1. The van der Waals surface area contributed by atoms with E-state index in [1.54, 1.807) is 37.7 Å². The molecule has 6 heteroatoms. The third-order valence-corrected chi connectivity index (χ3v) is 3.25. The Balaban J connectivity index is 1.78. The van der Waals surface area contributed by atoms with Crippen molar-refractivity contribution in [2.24, 2.45) is 0 Å². The molecule has 0 atom stereocenters. The molecule has 1 amide bonds. The van der Waals surface area contributed by atoms with E-state index in [-0.39, 0.29) is 12.5 Å². The number of aromatic nitrogens is 2. The number of rotatable bonds is 8. The number of benzene rings is 1. The number of nitrogens with zero attached hydrogens (tertiary/aromatic N) is 2. The topological polar surface area (TPSA) is 76.4 Å². The van der Waals surface area contributed by atoms with Crippen LogP contribution in [0.3, 0.4) is 0 Å². The van der Waals surface area contributed by atoms with Gasteiger partial charge in [-0.3, -0.25) is 4.79 Å². The van der Waals surface area contributed by atoms with E-state index >= 15 is 0 Å². The molecule has 2 rings (SSSR count). The van der Waals surface area contributed by atoms with Crippen molar-refractivity contribution in [3.8, 4) is 5.75 Å². The van der Waals surface area contributed by atoms with Crippen molar-refractivity contribution >= 4 is 11.6 Å². The zero-order chi connectivity index (χ0) is 15.8. The predicted molar refractivity (Wildman–Crippen MR) is 83.9 cm³/mol. The smallest absolute Gasteiger partial charge is 0.226 e. The highest BCUT2D eigenvalue weighted by Gasteiger charge is 2.04. The fourth-order valence-corrected chi connectivity index (χ4v) is 2.05. The van der Waals surface area contributed by atoms with Crippen LogP contribution in [-0.4, -0.2) is 34.3 Å². The maximum Gasteiger partial charge on any atom is 0.226 e. The fraction of sp³-hybridized carbons (Fsp3) is 0.375. The molecule has 1 aromatic heterocycles. The Kier molecular flexibility index (Phi) is 5.97. The molecule has 0 unspecified atom stereocenters. The first-order valence-corrected chi connectivity index (χ1v) is 7.26. The van der Waals surface area contributed by atoms with Gasteiger partial charge >= 0.3 is 0 Å². The van der Waals surface area contributed by atoms with Crippen molar-refractivity contribution in [1.29, 1.82) is 0 Å². The second-order valence-corrected chi connectivity index (χ2v) is 4.96. The summed E-state index contributed by atoms with van der Waals surface area (Å²) in [6.07, 6.45) is 5.46. The lowest BCUT2D eigenvalue weighted by Crippen LogP contribution is -2.13. The van der Waals surface area contributed by atoms with Crippen LogP contribution in [0, 0.1) is 0 Å². The van der Waals surface area contributed by atoms with Gasteiger partial charge < -0.3 is 19.7 Å². The van der Waals surface area contributed by atoms with Crippen LogP contribution in [0.25, 0.3) is 0 Å². The SMILES string of the molecule is COc1ccc(NC(=O)CCn2cnc(CCCO)c2)cc1. The van der Waals surface area contributed by atoms with Crippen molar-refractivity contribution in [3.05, 3.63) is 42.5 Å². The highest BCUT2D eigenvalue weighted by Crippen LogP contribution is 2.15. The molecule has 2 N–H and O–H groups in total. The Morgan fingerprint density at radius 3 is 2.82 bits per heavy atom. The lowest BCUT2D eigenvalue weighted by molar-refractivity contribution is -0.116. The van der Waals surface area contributed by atoms with Crippen molar-refractivity contribution in [2.45, 2.75) is 25.8 Å². The number of amides is 1. The van der Waals surface area contributed by atoms with Gasteiger partial charge in [0, 0.05) is 31.5 Å². The molecule has 0 aliphatic rings. The zero-order valence-corrected chi connectivity index (χ0v) is 12.7. The van der Waals surface area contributed by atoms with Crippen LogP contribution < -0.4 is 10.1 Å². The van der Waals surface area contributed by atoms with Crippen LogP contribution >= 0.6 is 0 Å². The van der Waals surface area contributed by atoms with E-state index in [0.717, 1.165) is 23.6 Å². The standard InChI is InChI=1S/C16H21N3O3/c1-22-15-6-4-13(5-7-15)18-16(21)8-9-19-11-14(17-12-19)3-2-10-20/h4-7,11-12,20H,2-3,8-10H2,1H3,(H,18,21). The van der Waals surface area contributed by atoms with Gasteiger partial charge in [-0.25, -0.2) is 4.98 Å². The van der Waals surface area contributed by atoms with Gasteiger partial charge in [0.1, 0.15) is 5.75 Å². The highest BCUT2D eigenvalue weighted by molar-refractivity contribution is 5.90. The van der Waals surface area contributed by atoms with Crippen LogP contribution in [0.5, 0.6) is 5.75 Å². The van der Waals surface area contributed by atoms with E-state index in [0.29, 0.717) is 19.4 Å². The van der Waals surface area contributed by atoms with Crippen molar-refractivity contribution in [3.63, 3.8) is 0 Å². The lowest BCUT2D eigenvalue weighted by atomic mass is 10.2. The van der Waals surface area contributed by atoms with Crippen LogP contribution in [0.2, 0.25) is 0 Å². The van der Waals surface area contributed by atoms with Gasteiger partial charge in [0.25, 0.3) is 0 Å². The summed E-state index contributed by atoms with van der Waals surface area (Å²) in [5.41, 5.74) is 1.68. The molecule has 0 aliphatic carbocycles. The summed E-state index contributed by atoms with van der Waals surface area (Å²) >= 11 is 0. The third-order valence-electron chi connectivity index (χ3n) is 3.25. The molecular weight excluding hydrogens is 282 g/mol. The average Bonchev–Trinajstić information content (AvgIpc) is 2.99. The summed E-state index contributed by atoms with van der Waals surface area (Å²) in [5.74, 6) is 0.711. The first-order chi connectivity index (χ1) is 10.7. The second kappa shape index (κ2) is 8.19. The number of nitrogens with one attached hydrogen (secondary N) is 1. The zero-order valence-electron chi connectivity index (χ0n) is 12.7. The highest BCUT2D eigenvalue weighted by atomic mass is 16.5. The number of aliphatic hydroxyl groups excluding tert-OH is 1. The predicted octanol–water partition coefficient (Wildman–Crippen LogP) is 1.85. The fourth-order valence-electron chi connectivity index (χ4n) is 2.05. The van der Waals surface area contributed by atoms with Gasteiger partial charge in [-0.1, -0.05) is 0 Å². The number of methoxy groups -OCH3 is 1. The largest absolute Gasteiger partial charge is 0.497 e. The molecule has 0 aliphatic heterocycles. The molecule has 1 heterocycles. The van der Waals surface area contributed by atoms with Gasteiger partial charge in [-0.2, -0.15) is 0 Å². The monoisotopic (exact) mass is 303 g/mol. The van der Waals surface area contributed by atoms with Gasteiger partial charge in [0.05, 0.1) is 19.1 Å². The number of aliphatic hydroxyl groups is 1. The third kappa shape index (κ3) is 4.89. The van der Waals surface area contributed by atoms with Gasteiger partial charge in [-0.05, 0) is 37.1 Å². The van der Waals surface area contributed by atoms with Crippen LogP contribution in [0.15, 0.2) is 36.8 Å². The molecule has 2 aromatic rings. The number of hydrogen-bond donors (Lipinski definition) is 2. The summed E-state index contributed by atoms with van der Waals surface area (Å²) in [7, 11) is 1.60. The summed E-state index contributed by atoms with van der Waals surface area (Å²) in [6, 6.07) is 7.22.